The fourth-order valence-electron chi connectivity index (χ4n) is 4.73. The molecule has 0 aliphatic heterocycles. The molecular formula is C30H39N3O2P+. The fraction of sp³-hybridized carbons (Fsp3) is 0.333. The summed E-state index contributed by atoms with van der Waals surface area (Å²) in [5.74, 6) is -0.324. The Bertz CT molecular complexity index is 980. The predicted octanol–water partition coefficient (Wildman–Crippen LogP) is 4.55. The smallest absolute Gasteiger partial charge is 0.308 e. The van der Waals surface area contributed by atoms with Crippen molar-refractivity contribution in [3.05, 3.63) is 91.0 Å². The maximum Gasteiger partial charge on any atom is 0.308 e. The minimum Gasteiger partial charge on any atom is -0.466 e. The summed E-state index contributed by atoms with van der Waals surface area (Å²) in [6, 6.07) is 32.7. The number of ether oxygens (including phenoxy) is 1. The lowest BCUT2D eigenvalue weighted by Gasteiger charge is -2.28. The molecule has 3 aromatic rings. The monoisotopic (exact) mass is 504 g/mol. The van der Waals surface area contributed by atoms with Gasteiger partial charge in [0, 0.05) is 13.6 Å². The van der Waals surface area contributed by atoms with Crippen LogP contribution in [0.25, 0.3) is 0 Å². The second-order valence-electron chi connectivity index (χ2n) is 9.08. The Morgan fingerprint density at radius 1 is 0.861 bits per heavy atom. The molecule has 0 radical (unpaired) electrons. The molecule has 1 atom stereocenters. The number of carbonyl (C=O) groups is 1. The zero-order valence-electron chi connectivity index (χ0n) is 21.5. The zero-order chi connectivity index (χ0) is 25.8. The van der Waals surface area contributed by atoms with E-state index in [1.165, 1.54) is 15.9 Å². The van der Waals surface area contributed by atoms with Gasteiger partial charge in [-0.05, 0) is 69.0 Å². The van der Waals surface area contributed by atoms with Gasteiger partial charge in [-0.15, -0.1) is 0 Å². The molecule has 5 nitrogen and oxygen atoms in total. The van der Waals surface area contributed by atoms with E-state index in [1.54, 1.807) is 11.9 Å². The maximum atomic E-state index is 12.7. The highest BCUT2D eigenvalue weighted by Crippen LogP contribution is 2.56. The first-order valence-corrected chi connectivity index (χ1v) is 14.7. The van der Waals surface area contributed by atoms with Crippen LogP contribution in [0.15, 0.2) is 91.0 Å². The van der Waals surface area contributed by atoms with Gasteiger partial charge < -0.3 is 15.4 Å². The Morgan fingerprint density at radius 3 is 1.75 bits per heavy atom. The number of esters is 1. The van der Waals surface area contributed by atoms with Crippen LogP contribution >= 0.6 is 7.26 Å². The predicted molar refractivity (Wildman–Crippen MR) is 153 cm³/mol. The molecule has 3 rings (SSSR count). The van der Waals surface area contributed by atoms with Crippen LogP contribution in [0.5, 0.6) is 0 Å². The molecular weight excluding hydrogens is 465 g/mol. The van der Waals surface area contributed by atoms with Crippen molar-refractivity contribution in [3.63, 3.8) is 0 Å². The van der Waals surface area contributed by atoms with Gasteiger partial charge in [-0.25, -0.2) is 0 Å². The van der Waals surface area contributed by atoms with Crippen molar-refractivity contribution in [1.29, 1.82) is 5.41 Å². The van der Waals surface area contributed by atoms with Crippen LogP contribution in [0.2, 0.25) is 0 Å². The van der Waals surface area contributed by atoms with Crippen molar-refractivity contribution in [2.45, 2.75) is 32.6 Å². The van der Waals surface area contributed by atoms with E-state index in [9.17, 15) is 4.79 Å². The highest BCUT2D eigenvalue weighted by Gasteiger charge is 2.44. The second-order valence-corrected chi connectivity index (χ2v) is 12.7. The lowest BCUT2D eigenvalue weighted by atomic mass is 9.98. The largest absolute Gasteiger partial charge is 0.466 e. The Hall–Kier alpha value is -3.17. The van der Waals surface area contributed by atoms with E-state index in [1.807, 2.05) is 6.92 Å². The highest BCUT2D eigenvalue weighted by molar-refractivity contribution is 7.95. The molecule has 3 N–H and O–H groups in total. The first-order chi connectivity index (χ1) is 17.5. The van der Waals surface area contributed by atoms with Crippen LogP contribution in [0.1, 0.15) is 32.6 Å². The SMILES string of the molecule is CCOC(=O)C(CCCC[P+](c1ccccc1)(c1ccccc1)c1ccccc1)CCN(C)C(=N)N. The number of benzene rings is 3. The molecule has 0 aromatic heterocycles. The summed E-state index contributed by atoms with van der Waals surface area (Å²) in [7, 11) is -0.0821. The van der Waals surface area contributed by atoms with E-state index in [0.29, 0.717) is 19.6 Å². The summed E-state index contributed by atoms with van der Waals surface area (Å²) in [6.07, 6.45) is 4.37. The zero-order valence-corrected chi connectivity index (χ0v) is 22.4. The number of nitrogens with zero attached hydrogens (tertiary/aromatic N) is 1. The molecule has 0 bridgehead atoms. The van der Waals surface area contributed by atoms with Crippen LogP contribution in [-0.2, 0) is 9.53 Å². The minimum absolute atomic E-state index is 0.0146. The molecule has 0 saturated heterocycles. The van der Waals surface area contributed by atoms with E-state index < -0.39 is 7.26 Å². The summed E-state index contributed by atoms with van der Waals surface area (Å²) >= 11 is 0. The topological polar surface area (TPSA) is 79.4 Å². The van der Waals surface area contributed by atoms with Gasteiger partial charge in [0.05, 0.1) is 18.7 Å². The average Bonchev–Trinajstić information content (AvgIpc) is 2.92. The molecule has 190 valence electrons. The molecule has 0 spiro atoms. The van der Waals surface area contributed by atoms with Crippen molar-refractivity contribution in [2.75, 3.05) is 26.4 Å². The third-order valence-electron chi connectivity index (χ3n) is 6.73. The van der Waals surface area contributed by atoms with Gasteiger partial charge >= 0.3 is 5.97 Å². The van der Waals surface area contributed by atoms with Crippen LogP contribution in [0, 0.1) is 11.3 Å². The van der Waals surface area contributed by atoms with E-state index in [0.717, 1.165) is 25.4 Å². The minimum atomic E-state index is -1.86. The molecule has 0 aliphatic carbocycles. The normalized spacial score (nSPS) is 12.1. The van der Waals surface area contributed by atoms with Crippen molar-refractivity contribution in [1.82, 2.24) is 4.90 Å². The van der Waals surface area contributed by atoms with E-state index in [-0.39, 0.29) is 17.8 Å². The highest BCUT2D eigenvalue weighted by atomic mass is 31.2. The molecule has 0 amide bonds. The van der Waals surface area contributed by atoms with Crippen LogP contribution < -0.4 is 21.6 Å². The van der Waals surface area contributed by atoms with Gasteiger partial charge in [0.15, 0.2) is 5.96 Å². The van der Waals surface area contributed by atoms with Gasteiger partial charge in [0.2, 0.25) is 0 Å². The van der Waals surface area contributed by atoms with Gasteiger partial charge in [-0.2, -0.15) is 0 Å². The second kappa shape index (κ2) is 13.8. The van der Waals surface area contributed by atoms with Gasteiger partial charge in [-0.1, -0.05) is 54.6 Å². The van der Waals surface area contributed by atoms with Gasteiger partial charge in [0.1, 0.15) is 23.2 Å². The summed E-state index contributed by atoms with van der Waals surface area (Å²) in [5, 5.41) is 11.8. The number of nitrogens with one attached hydrogen (secondary N) is 1. The maximum absolute atomic E-state index is 12.7. The number of hydrogen-bond donors (Lipinski definition) is 2. The Labute approximate surface area is 216 Å². The Kier molecular flexibility index (Phi) is 10.5. The molecule has 6 heteroatoms. The lowest BCUT2D eigenvalue weighted by Crippen LogP contribution is -2.35. The number of guanidine groups is 1. The van der Waals surface area contributed by atoms with E-state index in [4.69, 9.17) is 15.9 Å². The molecule has 0 fully saturated rings. The van der Waals surface area contributed by atoms with Crippen LogP contribution in [0.3, 0.4) is 0 Å². The first kappa shape index (κ1) is 27.4. The summed E-state index contributed by atoms with van der Waals surface area (Å²) < 4.78 is 5.37. The molecule has 0 heterocycles. The summed E-state index contributed by atoms with van der Waals surface area (Å²) in [4.78, 5) is 14.3. The molecule has 36 heavy (non-hydrogen) atoms. The average molecular weight is 505 g/mol. The lowest BCUT2D eigenvalue weighted by molar-refractivity contribution is -0.148. The molecule has 0 saturated carbocycles. The molecule has 3 aromatic carbocycles. The quantitative estimate of drug-likeness (QED) is 0.118. The van der Waals surface area contributed by atoms with Crippen molar-refractivity contribution in [3.8, 4) is 0 Å². The number of nitrogens with two attached hydrogens (primary N) is 1. The Morgan fingerprint density at radius 2 is 1.33 bits per heavy atom. The van der Waals surface area contributed by atoms with E-state index >= 15 is 0 Å². The van der Waals surface area contributed by atoms with Crippen LogP contribution in [0.4, 0.5) is 0 Å². The van der Waals surface area contributed by atoms with Crippen molar-refractivity contribution in [2.24, 2.45) is 11.7 Å². The molecule has 0 aliphatic rings. The molecule has 1 unspecified atom stereocenters. The summed E-state index contributed by atoms with van der Waals surface area (Å²) in [5.41, 5.74) is 5.59. The summed E-state index contributed by atoms with van der Waals surface area (Å²) in [6.45, 7) is 2.78. The third kappa shape index (κ3) is 6.95. The number of carbonyl (C=O) groups excluding carboxylic acids is 1. The van der Waals surface area contributed by atoms with Crippen molar-refractivity contribution < 1.29 is 9.53 Å². The fourth-order valence-corrected chi connectivity index (χ4v) is 9.14. The Balaban J connectivity index is 1.83. The number of unbranched alkanes of at least 4 members (excludes halogenated alkanes) is 1. The van der Waals surface area contributed by atoms with Crippen molar-refractivity contribution >= 4 is 35.1 Å². The van der Waals surface area contributed by atoms with E-state index in [2.05, 4.69) is 91.0 Å². The third-order valence-corrected chi connectivity index (χ3v) is 11.3. The van der Waals surface area contributed by atoms with Gasteiger partial charge in [0.25, 0.3) is 0 Å². The van der Waals surface area contributed by atoms with Gasteiger partial charge in [-0.3, -0.25) is 10.2 Å². The first-order valence-electron chi connectivity index (χ1n) is 12.8. The van der Waals surface area contributed by atoms with Crippen LogP contribution in [-0.4, -0.2) is 43.2 Å². The number of rotatable bonds is 13. The standard InChI is InChI=1S/C30H39N3O2P/c1-3-35-29(34)25(22-23-33(2)30(31)32)15-13-14-24-36(26-16-7-4-8-17-26,27-18-9-5-10-19-27)28-20-11-6-12-21-28/h4-12,16-21,25H,3,13-15,22-24H2,1-2H3,(H3,31,32)/q+1. The number of hydrogen-bond acceptors (Lipinski definition) is 3.